The van der Waals surface area contributed by atoms with Crippen molar-refractivity contribution < 1.29 is 4.79 Å². The average molecular weight is 321 g/mol. The Morgan fingerprint density at radius 3 is 2.62 bits per heavy atom. The van der Waals surface area contributed by atoms with Gasteiger partial charge < -0.3 is 0 Å². The number of Topliss-reactive ketones (excluding diaryl/α,β-unsaturated/α-hetero) is 1. The van der Waals surface area contributed by atoms with Gasteiger partial charge in [-0.3, -0.25) is 4.79 Å². The van der Waals surface area contributed by atoms with Crippen LogP contribution in [0, 0.1) is 22.2 Å². The van der Waals surface area contributed by atoms with Crippen LogP contribution in [0.2, 0.25) is 0 Å². The summed E-state index contributed by atoms with van der Waals surface area (Å²) < 4.78 is 0. The van der Waals surface area contributed by atoms with Gasteiger partial charge in [0.25, 0.3) is 0 Å². The molecule has 0 bridgehead atoms. The van der Waals surface area contributed by atoms with E-state index >= 15 is 0 Å². The second kappa shape index (κ2) is 5.80. The van der Waals surface area contributed by atoms with E-state index in [-0.39, 0.29) is 11.2 Å². The van der Waals surface area contributed by atoms with E-state index in [1.807, 2.05) is 36.4 Å². The highest BCUT2D eigenvalue weighted by Gasteiger charge is 2.52. The summed E-state index contributed by atoms with van der Waals surface area (Å²) in [6.45, 7) is 2.29. The number of fused-ring (bicyclic) bond motifs is 2. The predicted octanol–water partition coefficient (Wildman–Crippen LogP) is 6.03. The second-order valence-electron chi connectivity index (χ2n) is 7.63. The summed E-state index contributed by atoms with van der Waals surface area (Å²) in [6.07, 6.45) is 6.53. The molecule has 4 rings (SSSR count). The van der Waals surface area contributed by atoms with Crippen molar-refractivity contribution in [2.75, 3.05) is 0 Å². The SMILES string of the molecule is CC1CCCC2(C(=O)c3ccc4ccccc4c3N=O)CCCC12. The van der Waals surface area contributed by atoms with Gasteiger partial charge in [-0.25, -0.2) is 0 Å². The third-order valence-corrected chi connectivity index (χ3v) is 6.51. The van der Waals surface area contributed by atoms with Crippen LogP contribution in [0.15, 0.2) is 41.6 Å². The van der Waals surface area contributed by atoms with Crippen molar-refractivity contribution >= 4 is 22.2 Å². The van der Waals surface area contributed by atoms with Crippen LogP contribution < -0.4 is 0 Å². The minimum atomic E-state index is -0.264. The molecule has 0 aromatic heterocycles. The fourth-order valence-electron chi connectivity index (χ4n) is 5.38. The number of hydrogen-bond donors (Lipinski definition) is 0. The molecule has 3 heteroatoms. The minimum Gasteiger partial charge on any atom is -0.293 e. The van der Waals surface area contributed by atoms with Crippen molar-refractivity contribution in [2.45, 2.75) is 45.4 Å². The first-order valence-corrected chi connectivity index (χ1v) is 9.07. The van der Waals surface area contributed by atoms with Gasteiger partial charge in [0.2, 0.25) is 0 Å². The third kappa shape index (κ3) is 2.14. The average Bonchev–Trinajstić information content (AvgIpc) is 3.07. The zero-order chi connectivity index (χ0) is 16.7. The van der Waals surface area contributed by atoms with Gasteiger partial charge in [-0.2, -0.15) is 0 Å². The Kier molecular flexibility index (Phi) is 3.75. The quantitative estimate of drug-likeness (QED) is 0.512. The molecular formula is C21H23NO2. The lowest BCUT2D eigenvalue weighted by Gasteiger charge is -2.42. The molecule has 0 spiro atoms. The Morgan fingerprint density at radius 1 is 1.08 bits per heavy atom. The fourth-order valence-corrected chi connectivity index (χ4v) is 5.38. The first-order chi connectivity index (χ1) is 11.7. The standard InChI is InChI=1S/C21H23NO2/c1-14-6-4-12-21(13-5-9-18(14)21)20(23)17-11-10-15-7-2-3-8-16(15)19(17)22-24/h2-3,7-8,10-11,14,18H,4-6,9,12-13H2,1H3. The molecule has 2 aromatic rings. The van der Waals surface area contributed by atoms with Crippen LogP contribution in [0.1, 0.15) is 55.8 Å². The first-order valence-electron chi connectivity index (χ1n) is 9.07. The molecule has 2 aromatic carbocycles. The summed E-state index contributed by atoms with van der Waals surface area (Å²) in [5.41, 5.74) is 0.598. The molecule has 2 saturated carbocycles. The van der Waals surface area contributed by atoms with Crippen molar-refractivity contribution in [3.8, 4) is 0 Å². The summed E-state index contributed by atoms with van der Waals surface area (Å²) in [5.74, 6) is 1.22. The molecule has 0 saturated heterocycles. The zero-order valence-corrected chi connectivity index (χ0v) is 14.1. The Labute approximate surface area is 142 Å². The lowest BCUT2D eigenvalue weighted by atomic mass is 9.60. The molecule has 0 aliphatic heterocycles. The summed E-state index contributed by atoms with van der Waals surface area (Å²) in [7, 11) is 0. The van der Waals surface area contributed by atoms with Gasteiger partial charge in [0.15, 0.2) is 5.78 Å². The largest absolute Gasteiger partial charge is 0.293 e. The van der Waals surface area contributed by atoms with E-state index in [2.05, 4.69) is 12.1 Å². The highest BCUT2D eigenvalue weighted by Crippen LogP contribution is 2.56. The molecule has 124 valence electrons. The van der Waals surface area contributed by atoms with E-state index in [4.69, 9.17) is 0 Å². The Bertz CT molecular complexity index is 813. The van der Waals surface area contributed by atoms with E-state index in [1.165, 1.54) is 6.42 Å². The highest BCUT2D eigenvalue weighted by molar-refractivity contribution is 6.10. The van der Waals surface area contributed by atoms with Crippen LogP contribution >= 0.6 is 0 Å². The fraction of sp³-hybridized carbons (Fsp3) is 0.476. The van der Waals surface area contributed by atoms with E-state index in [0.29, 0.717) is 23.1 Å². The van der Waals surface area contributed by atoms with Gasteiger partial charge in [-0.1, -0.05) is 56.5 Å². The topological polar surface area (TPSA) is 46.5 Å². The number of carbonyl (C=O) groups excluding carboxylic acids is 1. The molecule has 2 fully saturated rings. The number of ketones is 1. The van der Waals surface area contributed by atoms with E-state index < -0.39 is 0 Å². The Morgan fingerprint density at radius 2 is 1.83 bits per heavy atom. The molecular weight excluding hydrogens is 298 g/mol. The van der Waals surface area contributed by atoms with E-state index in [0.717, 1.165) is 42.9 Å². The van der Waals surface area contributed by atoms with Crippen LogP contribution in [0.25, 0.3) is 10.8 Å². The van der Waals surface area contributed by atoms with Gasteiger partial charge in [0.05, 0.1) is 0 Å². The molecule has 2 aliphatic rings. The molecule has 0 N–H and O–H groups in total. The van der Waals surface area contributed by atoms with Gasteiger partial charge in [0.1, 0.15) is 5.69 Å². The molecule has 3 nitrogen and oxygen atoms in total. The van der Waals surface area contributed by atoms with Crippen molar-refractivity contribution in [3.63, 3.8) is 0 Å². The van der Waals surface area contributed by atoms with Crippen LogP contribution in [-0.2, 0) is 0 Å². The summed E-state index contributed by atoms with van der Waals surface area (Å²) >= 11 is 0. The smallest absolute Gasteiger partial charge is 0.171 e. The van der Waals surface area contributed by atoms with Crippen LogP contribution in [0.4, 0.5) is 5.69 Å². The molecule has 3 unspecified atom stereocenters. The number of nitroso groups, excluding NO2 is 1. The maximum Gasteiger partial charge on any atom is 0.171 e. The lowest BCUT2D eigenvalue weighted by molar-refractivity contribution is 0.0493. The van der Waals surface area contributed by atoms with Gasteiger partial charge in [0, 0.05) is 16.4 Å². The summed E-state index contributed by atoms with van der Waals surface area (Å²) in [5, 5.41) is 5.02. The summed E-state index contributed by atoms with van der Waals surface area (Å²) in [4.78, 5) is 25.2. The number of nitrogens with zero attached hydrogens (tertiary/aromatic N) is 1. The van der Waals surface area contributed by atoms with Crippen molar-refractivity contribution in [1.82, 2.24) is 0 Å². The number of benzene rings is 2. The Balaban J connectivity index is 1.85. The van der Waals surface area contributed by atoms with E-state index in [1.54, 1.807) is 0 Å². The Hall–Kier alpha value is -2.03. The highest BCUT2D eigenvalue weighted by atomic mass is 16.3. The number of carbonyl (C=O) groups is 1. The molecule has 3 atom stereocenters. The van der Waals surface area contributed by atoms with Crippen molar-refractivity contribution in [2.24, 2.45) is 22.4 Å². The third-order valence-electron chi connectivity index (χ3n) is 6.51. The van der Waals surface area contributed by atoms with E-state index in [9.17, 15) is 9.70 Å². The van der Waals surface area contributed by atoms with Crippen LogP contribution in [-0.4, -0.2) is 5.78 Å². The molecule has 2 aliphatic carbocycles. The molecule has 0 heterocycles. The zero-order valence-electron chi connectivity index (χ0n) is 14.1. The summed E-state index contributed by atoms with van der Waals surface area (Å²) in [6, 6.07) is 11.4. The number of rotatable bonds is 3. The maximum absolute atomic E-state index is 13.6. The van der Waals surface area contributed by atoms with Crippen LogP contribution in [0.3, 0.4) is 0 Å². The first kappa shape index (κ1) is 15.5. The number of hydrogen-bond acceptors (Lipinski definition) is 3. The lowest BCUT2D eigenvalue weighted by Crippen LogP contribution is -2.41. The minimum absolute atomic E-state index is 0.164. The van der Waals surface area contributed by atoms with Crippen molar-refractivity contribution in [1.29, 1.82) is 0 Å². The normalized spacial score (nSPS) is 29.4. The molecule has 0 radical (unpaired) electrons. The monoisotopic (exact) mass is 321 g/mol. The van der Waals surface area contributed by atoms with Crippen molar-refractivity contribution in [3.05, 3.63) is 46.9 Å². The van der Waals surface area contributed by atoms with Gasteiger partial charge in [-0.05, 0) is 47.7 Å². The molecule has 0 amide bonds. The predicted molar refractivity (Wildman–Crippen MR) is 96.5 cm³/mol. The van der Waals surface area contributed by atoms with Gasteiger partial charge >= 0.3 is 0 Å². The van der Waals surface area contributed by atoms with Gasteiger partial charge in [-0.15, -0.1) is 4.91 Å². The van der Waals surface area contributed by atoms with Crippen LogP contribution in [0.5, 0.6) is 0 Å². The maximum atomic E-state index is 13.6. The second-order valence-corrected chi connectivity index (χ2v) is 7.63. The molecule has 24 heavy (non-hydrogen) atoms.